The molecule has 3 N–H and O–H groups in total. The van der Waals surface area contributed by atoms with Gasteiger partial charge < -0.3 is 25.0 Å². The third-order valence-corrected chi connectivity index (χ3v) is 13.3. The lowest BCUT2D eigenvalue weighted by Crippen LogP contribution is -2.59. The number of sulfonamides is 1. The van der Waals surface area contributed by atoms with E-state index in [9.17, 15) is 27.6 Å². The summed E-state index contributed by atoms with van der Waals surface area (Å²) in [5.41, 5.74) is -0.904. The molecule has 4 amide bonds. The number of hydrogen-bond donors (Lipinski definition) is 3. The number of allylic oxidation sites excluding steroid dienone is 1. The smallest absolute Gasteiger partial charge is 0.407 e. The number of alkyl carbamates (subject to hydrolysis) is 1. The van der Waals surface area contributed by atoms with Crippen LogP contribution >= 0.6 is 0 Å². The number of rotatable bonds is 7. The average Bonchev–Trinajstić information content (AvgIpc) is 4.00. The SMILES string of the molecule is C=C[C@@H]1C[C@]1(NC(=O)[C@@H]1C[C@@H]2CN1C(=O)[C@H](C1CCCC1)NC(=O)OCC(C)(C)CC/C=C/c1ccc3ccnc(c3c1)O2)C(=O)NS(=O)(=O)C1CC1. The normalized spacial score (nSPS) is 29.9. The number of nitrogens with one attached hydrogen (secondary N) is 3. The zero-order valence-electron chi connectivity index (χ0n) is 30.3. The number of benzene rings is 1. The van der Waals surface area contributed by atoms with Crippen molar-refractivity contribution in [2.45, 2.75) is 107 Å². The van der Waals surface area contributed by atoms with Crippen LogP contribution in [0.5, 0.6) is 5.88 Å². The summed E-state index contributed by atoms with van der Waals surface area (Å²) in [5.74, 6) is -2.19. The highest BCUT2D eigenvalue weighted by molar-refractivity contribution is 7.91. The first-order chi connectivity index (χ1) is 25.3. The molecule has 1 saturated heterocycles. The maximum Gasteiger partial charge on any atom is 0.407 e. The van der Waals surface area contributed by atoms with Crippen molar-refractivity contribution in [2.24, 2.45) is 17.3 Å². The number of carbonyl (C=O) groups is 4. The van der Waals surface area contributed by atoms with Crippen molar-refractivity contribution < 1.29 is 37.1 Å². The molecule has 5 aliphatic rings. The Hall–Kier alpha value is -4.46. The van der Waals surface area contributed by atoms with Crippen molar-refractivity contribution in [3.05, 3.63) is 54.8 Å². The molecule has 0 radical (unpaired) electrons. The van der Waals surface area contributed by atoms with Crippen molar-refractivity contribution >= 4 is 50.7 Å². The Kier molecular flexibility index (Phi) is 10.0. The zero-order chi connectivity index (χ0) is 37.5. The molecule has 2 aliphatic heterocycles. The number of aromatic nitrogens is 1. The monoisotopic (exact) mass is 747 g/mol. The summed E-state index contributed by atoms with van der Waals surface area (Å²) < 4.78 is 39.9. The number of pyridine rings is 1. The molecule has 4 bridgehead atoms. The van der Waals surface area contributed by atoms with E-state index in [0.717, 1.165) is 54.9 Å². The minimum absolute atomic E-state index is 0.0156. The molecule has 4 fully saturated rings. The Labute approximate surface area is 310 Å². The van der Waals surface area contributed by atoms with E-state index < -0.39 is 68.7 Å². The fourth-order valence-electron chi connectivity index (χ4n) is 7.95. The fourth-order valence-corrected chi connectivity index (χ4v) is 9.32. The van der Waals surface area contributed by atoms with Crippen LogP contribution in [0.15, 0.2) is 49.2 Å². The minimum Gasteiger partial charge on any atom is -0.472 e. The van der Waals surface area contributed by atoms with Crippen LogP contribution in [0, 0.1) is 17.3 Å². The van der Waals surface area contributed by atoms with Gasteiger partial charge in [0, 0.05) is 23.9 Å². The third kappa shape index (κ3) is 7.92. The summed E-state index contributed by atoms with van der Waals surface area (Å²) in [7, 11) is -3.88. The third-order valence-electron chi connectivity index (χ3n) is 11.4. The Balaban J connectivity index is 1.22. The molecule has 1 aromatic heterocycles. The molecular weight excluding hydrogens is 699 g/mol. The number of hydrogen-bond acceptors (Lipinski definition) is 9. The summed E-state index contributed by atoms with van der Waals surface area (Å²) in [5, 5.41) is 6.77. The molecular formula is C39H49N5O8S. The first-order valence-electron chi connectivity index (χ1n) is 18.7. The average molecular weight is 748 g/mol. The van der Waals surface area contributed by atoms with Crippen molar-refractivity contribution in [3.63, 3.8) is 0 Å². The predicted octanol–water partition coefficient (Wildman–Crippen LogP) is 4.37. The first-order valence-corrected chi connectivity index (χ1v) is 20.3. The summed E-state index contributed by atoms with van der Waals surface area (Å²) >= 11 is 0. The van der Waals surface area contributed by atoms with E-state index in [-0.39, 0.29) is 37.3 Å². The van der Waals surface area contributed by atoms with E-state index in [1.54, 1.807) is 6.20 Å². The second-order valence-electron chi connectivity index (χ2n) is 16.1. The lowest BCUT2D eigenvalue weighted by Gasteiger charge is -2.32. The minimum atomic E-state index is -3.88. The van der Waals surface area contributed by atoms with Gasteiger partial charge in [-0.1, -0.05) is 57.0 Å². The topological polar surface area (TPSA) is 173 Å². The van der Waals surface area contributed by atoms with Gasteiger partial charge >= 0.3 is 6.09 Å². The van der Waals surface area contributed by atoms with E-state index in [4.69, 9.17) is 9.47 Å². The van der Waals surface area contributed by atoms with E-state index in [0.29, 0.717) is 18.7 Å². The Bertz CT molecular complexity index is 1940. The van der Waals surface area contributed by atoms with Gasteiger partial charge in [-0.15, -0.1) is 6.58 Å². The van der Waals surface area contributed by atoms with Gasteiger partial charge in [0.1, 0.15) is 23.7 Å². The maximum absolute atomic E-state index is 14.7. The van der Waals surface area contributed by atoms with E-state index >= 15 is 0 Å². The summed E-state index contributed by atoms with van der Waals surface area (Å²) in [6.45, 7) is 8.02. The maximum atomic E-state index is 14.7. The van der Waals surface area contributed by atoms with Crippen molar-refractivity contribution in [3.8, 4) is 5.88 Å². The van der Waals surface area contributed by atoms with Gasteiger partial charge in [-0.3, -0.25) is 19.1 Å². The lowest BCUT2D eigenvalue weighted by atomic mass is 9.88. The second kappa shape index (κ2) is 14.4. The standard InChI is InChI=1S/C39H49N5O8S/c1-4-27-21-39(27,36(47)43-53(49,50)29-14-15-29)42-33(45)31-20-28-22-44(31)35(46)32(26-10-5-6-11-26)41-37(48)51-23-38(2,3)17-8-7-9-24-12-13-25-16-18-40-34(52-28)30(25)19-24/h4,7,9,12-13,16,18-19,26-29,31-32H,1,5-6,8,10-11,14-15,17,20-23H2,2-3H3,(H,41,48)(H,42,45)(H,43,47)/b9-7+/t27-,28-,31+,32+,39-/m1/s1. The van der Waals surface area contributed by atoms with Gasteiger partial charge in [0.15, 0.2) is 0 Å². The molecule has 284 valence electrons. The van der Waals surface area contributed by atoms with Crippen LogP contribution < -0.4 is 20.1 Å². The van der Waals surface area contributed by atoms with E-state index in [1.807, 2.05) is 44.2 Å². The zero-order valence-corrected chi connectivity index (χ0v) is 31.2. The van der Waals surface area contributed by atoms with Gasteiger partial charge in [0.2, 0.25) is 27.7 Å². The summed E-state index contributed by atoms with van der Waals surface area (Å²) in [6.07, 6.45) is 11.9. The highest BCUT2D eigenvalue weighted by Gasteiger charge is 2.62. The van der Waals surface area contributed by atoms with Crippen LogP contribution in [0.25, 0.3) is 16.8 Å². The highest BCUT2D eigenvalue weighted by atomic mass is 32.2. The molecule has 13 nitrogen and oxygen atoms in total. The van der Waals surface area contributed by atoms with Crippen LogP contribution in [0.4, 0.5) is 4.79 Å². The van der Waals surface area contributed by atoms with Crippen LogP contribution in [0.3, 0.4) is 0 Å². The van der Waals surface area contributed by atoms with Crippen LogP contribution in [-0.4, -0.2) is 84.2 Å². The van der Waals surface area contributed by atoms with Crippen molar-refractivity contribution in [1.29, 1.82) is 0 Å². The molecule has 53 heavy (non-hydrogen) atoms. The summed E-state index contributed by atoms with van der Waals surface area (Å²) in [4.78, 5) is 61.8. The molecule has 3 heterocycles. The van der Waals surface area contributed by atoms with Crippen LogP contribution in [0.2, 0.25) is 0 Å². The van der Waals surface area contributed by atoms with E-state index in [1.165, 1.54) is 11.0 Å². The van der Waals surface area contributed by atoms with Crippen molar-refractivity contribution in [2.75, 3.05) is 13.2 Å². The Morgan fingerprint density at radius 3 is 2.60 bits per heavy atom. The number of ether oxygens (including phenoxy) is 2. The molecule has 1 aromatic carbocycles. The number of fused-ring (bicyclic) bond motifs is 3. The van der Waals surface area contributed by atoms with Gasteiger partial charge in [-0.25, -0.2) is 18.2 Å². The second-order valence-corrected chi connectivity index (χ2v) is 18.1. The van der Waals surface area contributed by atoms with Gasteiger partial charge in [-0.05, 0) is 79.4 Å². The van der Waals surface area contributed by atoms with Gasteiger partial charge in [0.05, 0.1) is 18.4 Å². The van der Waals surface area contributed by atoms with Crippen LogP contribution in [-0.2, 0) is 29.1 Å². The fraction of sp³-hybridized carbons (Fsp3) is 0.564. The lowest BCUT2D eigenvalue weighted by molar-refractivity contribution is -0.142. The number of nitrogens with zero attached hydrogens (tertiary/aromatic N) is 2. The molecule has 14 heteroatoms. The van der Waals surface area contributed by atoms with Crippen molar-refractivity contribution in [1.82, 2.24) is 25.2 Å². The molecule has 2 aromatic rings. The van der Waals surface area contributed by atoms with Gasteiger partial charge in [-0.2, -0.15) is 0 Å². The predicted molar refractivity (Wildman–Crippen MR) is 198 cm³/mol. The number of amides is 4. The summed E-state index contributed by atoms with van der Waals surface area (Å²) in [6, 6.07) is 5.85. The molecule has 3 saturated carbocycles. The van der Waals surface area contributed by atoms with Gasteiger partial charge in [0.25, 0.3) is 5.91 Å². The quantitative estimate of drug-likeness (QED) is 0.348. The molecule has 5 atom stereocenters. The van der Waals surface area contributed by atoms with E-state index in [2.05, 4.69) is 33.0 Å². The number of carbonyl (C=O) groups excluding carboxylic acids is 4. The molecule has 0 spiro atoms. The molecule has 7 rings (SSSR count). The Morgan fingerprint density at radius 1 is 1.11 bits per heavy atom. The first kappa shape index (κ1) is 36.9. The Morgan fingerprint density at radius 2 is 1.89 bits per heavy atom. The van der Waals surface area contributed by atoms with Crippen LogP contribution in [0.1, 0.15) is 83.6 Å². The molecule has 0 unspecified atom stereocenters. The number of cyclic esters (lactones) is 1. The highest BCUT2D eigenvalue weighted by Crippen LogP contribution is 2.45. The molecule has 3 aliphatic carbocycles. The largest absolute Gasteiger partial charge is 0.472 e.